The van der Waals surface area contributed by atoms with Crippen molar-refractivity contribution in [2.45, 2.75) is 30.8 Å². The van der Waals surface area contributed by atoms with E-state index in [1.54, 1.807) is 6.92 Å². The van der Waals surface area contributed by atoms with Gasteiger partial charge in [-0.2, -0.15) is 0 Å². The Hall–Kier alpha value is -2.30. The van der Waals surface area contributed by atoms with Crippen molar-refractivity contribution >= 4 is 31.5 Å². The summed E-state index contributed by atoms with van der Waals surface area (Å²) >= 11 is 0.181. The Kier molecular flexibility index (Phi) is 6.91. The number of amides is 1. The molecule has 142 valence electrons. The van der Waals surface area contributed by atoms with Gasteiger partial charge in [-0.15, -0.1) is 0 Å². The molecule has 3 rings (SSSR count). The molecule has 1 heterocycles. The first-order valence-electron chi connectivity index (χ1n) is 9.03. The molecule has 2 unspecified atom stereocenters. The van der Waals surface area contributed by atoms with E-state index in [-0.39, 0.29) is 32.3 Å². The zero-order chi connectivity index (χ0) is 19.1. The molecule has 0 radical (unpaired) electrons. The zero-order valence-corrected chi connectivity index (χ0v) is 17.0. The molecule has 2 aromatic rings. The van der Waals surface area contributed by atoms with Crippen LogP contribution in [-0.4, -0.2) is 51.1 Å². The Labute approximate surface area is 165 Å². The first-order valence-corrected chi connectivity index (χ1v) is 10.9. The third-order valence-electron chi connectivity index (χ3n) is 4.31. The average molecular weight is 432 g/mol. The summed E-state index contributed by atoms with van der Waals surface area (Å²) in [5.41, 5.74) is 0.919. The van der Waals surface area contributed by atoms with Crippen LogP contribution in [0.5, 0.6) is 0 Å². The van der Waals surface area contributed by atoms with E-state index in [0.717, 1.165) is 5.56 Å². The number of nitrogens with zero attached hydrogens (tertiary/aromatic N) is 1. The maximum absolute atomic E-state index is 12.6. The number of rotatable bonds is 6. The number of benzene rings is 2. The molecule has 27 heavy (non-hydrogen) atoms. The third-order valence-corrected chi connectivity index (χ3v) is 6.86. The quantitative estimate of drug-likeness (QED) is 0.521. The standard InChI is InChI=1S/C21H23NO4Se/c1-2-25-20(23)19-13-18(27-17-11-7-4-8-12-17)14-22(19)21(24)26-15-16-9-5-3-6-10-16/h3-12,18-19H,2,13-15H2,1H3. The fourth-order valence-corrected chi connectivity index (χ4v) is 5.58. The molecule has 1 fully saturated rings. The third kappa shape index (κ3) is 5.34. The van der Waals surface area contributed by atoms with Crippen molar-refractivity contribution in [2.75, 3.05) is 13.2 Å². The van der Waals surface area contributed by atoms with E-state index >= 15 is 0 Å². The van der Waals surface area contributed by atoms with Crippen LogP contribution in [0, 0.1) is 0 Å². The molecule has 1 amide bonds. The summed E-state index contributed by atoms with van der Waals surface area (Å²) < 4.78 is 11.9. The predicted molar refractivity (Wildman–Crippen MR) is 104 cm³/mol. The van der Waals surface area contributed by atoms with Crippen molar-refractivity contribution in [3.63, 3.8) is 0 Å². The van der Waals surface area contributed by atoms with Gasteiger partial charge in [0.25, 0.3) is 0 Å². The van der Waals surface area contributed by atoms with E-state index in [2.05, 4.69) is 12.1 Å². The first kappa shape index (κ1) is 19.5. The van der Waals surface area contributed by atoms with Gasteiger partial charge in [0.1, 0.15) is 0 Å². The van der Waals surface area contributed by atoms with Crippen LogP contribution < -0.4 is 4.46 Å². The van der Waals surface area contributed by atoms with Crippen LogP contribution in [0.25, 0.3) is 0 Å². The number of ether oxygens (including phenoxy) is 2. The van der Waals surface area contributed by atoms with Crippen LogP contribution in [-0.2, 0) is 20.9 Å². The molecular weight excluding hydrogens is 409 g/mol. The fourth-order valence-electron chi connectivity index (χ4n) is 3.04. The molecule has 0 saturated carbocycles. The molecule has 2 atom stereocenters. The van der Waals surface area contributed by atoms with Crippen molar-refractivity contribution < 1.29 is 19.1 Å². The number of hydrogen-bond acceptors (Lipinski definition) is 4. The van der Waals surface area contributed by atoms with Gasteiger partial charge in [-0.05, 0) is 0 Å². The van der Waals surface area contributed by atoms with Gasteiger partial charge in [0.2, 0.25) is 0 Å². The molecule has 0 aliphatic carbocycles. The van der Waals surface area contributed by atoms with Crippen molar-refractivity contribution in [1.82, 2.24) is 4.90 Å². The molecule has 0 aromatic heterocycles. The van der Waals surface area contributed by atoms with Gasteiger partial charge in [0.05, 0.1) is 0 Å². The Bertz CT molecular complexity index is 753. The van der Waals surface area contributed by atoms with E-state index in [0.29, 0.717) is 19.6 Å². The second-order valence-corrected chi connectivity index (χ2v) is 9.13. The van der Waals surface area contributed by atoms with Crippen LogP contribution in [0.2, 0.25) is 4.82 Å². The van der Waals surface area contributed by atoms with Crippen molar-refractivity contribution in [1.29, 1.82) is 0 Å². The van der Waals surface area contributed by atoms with Gasteiger partial charge in [-0.1, -0.05) is 0 Å². The summed E-state index contributed by atoms with van der Waals surface area (Å²) in [6.07, 6.45) is 0.164. The van der Waals surface area contributed by atoms with Crippen molar-refractivity contribution in [2.24, 2.45) is 0 Å². The molecule has 0 spiro atoms. The minimum atomic E-state index is -0.566. The van der Waals surface area contributed by atoms with Crippen molar-refractivity contribution in [3.8, 4) is 0 Å². The van der Waals surface area contributed by atoms with Gasteiger partial charge >= 0.3 is 166 Å². The molecule has 0 bridgehead atoms. The second kappa shape index (κ2) is 9.58. The Balaban J connectivity index is 1.65. The molecule has 6 heteroatoms. The van der Waals surface area contributed by atoms with E-state index in [4.69, 9.17) is 9.47 Å². The molecule has 2 aromatic carbocycles. The first-order chi connectivity index (χ1) is 13.2. The number of esters is 1. The van der Waals surface area contributed by atoms with Crippen LogP contribution >= 0.6 is 0 Å². The number of carbonyl (C=O) groups excluding carboxylic acids is 2. The Morgan fingerprint density at radius 1 is 1.04 bits per heavy atom. The van der Waals surface area contributed by atoms with Crippen LogP contribution in [0.3, 0.4) is 0 Å². The molecule has 1 aliphatic heterocycles. The SMILES string of the molecule is CCOC(=O)C1CC([Se]c2ccccc2)CN1C(=O)OCc1ccccc1. The fraction of sp³-hybridized carbons (Fsp3) is 0.333. The van der Waals surface area contributed by atoms with Crippen LogP contribution in [0.15, 0.2) is 60.7 Å². The Morgan fingerprint density at radius 2 is 1.70 bits per heavy atom. The topological polar surface area (TPSA) is 55.8 Å². The van der Waals surface area contributed by atoms with Gasteiger partial charge < -0.3 is 0 Å². The van der Waals surface area contributed by atoms with Gasteiger partial charge in [0, 0.05) is 0 Å². The number of hydrogen-bond donors (Lipinski definition) is 0. The molecule has 1 aliphatic rings. The molecular formula is C21H23NO4Se. The van der Waals surface area contributed by atoms with Gasteiger partial charge in [0.15, 0.2) is 0 Å². The summed E-state index contributed by atoms with van der Waals surface area (Å²) in [7, 11) is 0. The predicted octanol–water partition coefficient (Wildman–Crippen LogP) is 2.78. The zero-order valence-electron chi connectivity index (χ0n) is 15.2. The van der Waals surface area contributed by atoms with E-state index in [1.807, 2.05) is 48.5 Å². The van der Waals surface area contributed by atoms with E-state index in [1.165, 1.54) is 9.36 Å². The number of likely N-dealkylation sites (tertiary alicyclic amines) is 1. The normalized spacial score (nSPS) is 18.9. The van der Waals surface area contributed by atoms with E-state index in [9.17, 15) is 9.59 Å². The second-order valence-electron chi connectivity index (χ2n) is 6.25. The molecule has 0 N–H and O–H groups in total. The number of carbonyl (C=O) groups is 2. The Morgan fingerprint density at radius 3 is 2.37 bits per heavy atom. The summed E-state index contributed by atoms with van der Waals surface area (Å²) in [6.45, 7) is 2.79. The van der Waals surface area contributed by atoms with Gasteiger partial charge in [-0.3, -0.25) is 0 Å². The summed E-state index contributed by atoms with van der Waals surface area (Å²) in [4.78, 5) is 26.8. The summed E-state index contributed by atoms with van der Waals surface area (Å²) in [6, 6.07) is 19.2. The molecule has 1 saturated heterocycles. The monoisotopic (exact) mass is 433 g/mol. The van der Waals surface area contributed by atoms with E-state index < -0.39 is 12.1 Å². The van der Waals surface area contributed by atoms with Crippen molar-refractivity contribution in [3.05, 3.63) is 66.2 Å². The van der Waals surface area contributed by atoms with Crippen LogP contribution in [0.1, 0.15) is 18.9 Å². The van der Waals surface area contributed by atoms with Crippen LogP contribution in [0.4, 0.5) is 4.79 Å². The van der Waals surface area contributed by atoms with Gasteiger partial charge in [-0.25, -0.2) is 0 Å². The summed E-state index contributed by atoms with van der Waals surface area (Å²) in [5.74, 6) is -0.347. The minimum absolute atomic E-state index is 0.181. The maximum atomic E-state index is 12.6. The average Bonchev–Trinajstić information content (AvgIpc) is 3.12. The summed E-state index contributed by atoms with van der Waals surface area (Å²) in [5, 5.41) is 0. The molecule has 5 nitrogen and oxygen atoms in total.